The highest BCUT2D eigenvalue weighted by molar-refractivity contribution is 5.96. The van der Waals surface area contributed by atoms with Crippen molar-refractivity contribution in [3.8, 4) is 0 Å². The first-order valence-electron chi connectivity index (χ1n) is 8.35. The average Bonchev–Trinajstić information content (AvgIpc) is 2.56. The number of nitrogens with one attached hydrogen (secondary N) is 2. The second-order valence-electron chi connectivity index (χ2n) is 6.79. The Kier molecular flexibility index (Phi) is 4.55. The number of amides is 2. The van der Waals surface area contributed by atoms with Crippen LogP contribution in [0.25, 0.3) is 0 Å². The molecule has 6 nitrogen and oxygen atoms in total. The van der Waals surface area contributed by atoms with Gasteiger partial charge in [-0.3, -0.25) is 9.59 Å². The minimum absolute atomic E-state index is 0.0536. The Morgan fingerprint density at radius 1 is 0.875 bits per heavy atom. The van der Waals surface area contributed by atoms with Gasteiger partial charge in [0.15, 0.2) is 0 Å². The molecule has 2 N–H and O–H groups in total. The molecule has 0 aliphatic heterocycles. The van der Waals surface area contributed by atoms with E-state index < -0.39 is 17.8 Å². The van der Waals surface area contributed by atoms with Gasteiger partial charge in [-0.05, 0) is 61.8 Å². The highest BCUT2D eigenvalue weighted by Gasteiger charge is 2.47. The van der Waals surface area contributed by atoms with Crippen LogP contribution >= 0.6 is 0 Å². The van der Waals surface area contributed by atoms with E-state index in [0.717, 1.165) is 25.7 Å². The van der Waals surface area contributed by atoms with E-state index in [4.69, 9.17) is 0 Å². The number of fused-ring (bicyclic) bond motifs is 3. The maximum absolute atomic E-state index is 12.7. The maximum Gasteiger partial charge on any atom is 0.228 e. The van der Waals surface area contributed by atoms with Gasteiger partial charge in [0, 0.05) is 36.1 Å². The number of carbonyl (C=O) groups is 3. The van der Waals surface area contributed by atoms with Crippen LogP contribution < -0.4 is 15.7 Å². The zero-order chi connectivity index (χ0) is 17.3. The molecule has 0 spiro atoms. The van der Waals surface area contributed by atoms with Gasteiger partial charge in [0.1, 0.15) is 0 Å². The molecule has 4 rings (SSSR count). The minimum Gasteiger partial charge on any atom is -0.550 e. The maximum atomic E-state index is 12.7. The summed E-state index contributed by atoms with van der Waals surface area (Å²) in [6.07, 6.45) is 3.57. The Morgan fingerprint density at radius 2 is 1.33 bits per heavy atom. The number of carboxylic acids is 1. The Bertz CT molecular complexity index is 647. The lowest BCUT2D eigenvalue weighted by Crippen LogP contribution is -2.52. The lowest BCUT2D eigenvalue weighted by atomic mass is 9.58. The van der Waals surface area contributed by atoms with E-state index in [1.54, 1.807) is 24.3 Å². The molecule has 3 aliphatic rings. The molecular weight excluding hydrogens is 308 g/mol. The van der Waals surface area contributed by atoms with Crippen molar-refractivity contribution < 1.29 is 19.5 Å². The molecule has 2 amide bonds. The van der Waals surface area contributed by atoms with Crippen LogP contribution in [0.1, 0.15) is 32.6 Å². The van der Waals surface area contributed by atoms with Gasteiger partial charge >= 0.3 is 0 Å². The number of benzene rings is 1. The standard InChI is InChI=1S/C18H22N2O4/c1-10(21)19-13-6-8-14(9-7-13)20-17(22)15-11-2-4-12(5-3-11)16(15)18(23)24/h6-9,11-12,15-16H,2-5H2,1H3,(H,19,21)(H,20,22)(H,23,24)/p-1/t11?,12?,15-,16-/m0/s1. The van der Waals surface area contributed by atoms with Crippen molar-refractivity contribution in [3.05, 3.63) is 24.3 Å². The Labute approximate surface area is 140 Å². The van der Waals surface area contributed by atoms with Crippen LogP contribution in [-0.4, -0.2) is 17.8 Å². The number of aliphatic carboxylic acids is 1. The van der Waals surface area contributed by atoms with Crippen molar-refractivity contribution in [3.63, 3.8) is 0 Å². The topological polar surface area (TPSA) is 98.3 Å². The van der Waals surface area contributed by atoms with Crippen molar-refractivity contribution >= 4 is 29.2 Å². The van der Waals surface area contributed by atoms with Gasteiger partial charge < -0.3 is 20.5 Å². The van der Waals surface area contributed by atoms with Gasteiger partial charge in [-0.1, -0.05) is 0 Å². The molecule has 24 heavy (non-hydrogen) atoms. The molecule has 0 unspecified atom stereocenters. The first kappa shape index (κ1) is 16.5. The summed E-state index contributed by atoms with van der Waals surface area (Å²) < 4.78 is 0. The Morgan fingerprint density at radius 3 is 1.79 bits per heavy atom. The van der Waals surface area contributed by atoms with Crippen LogP contribution in [-0.2, 0) is 14.4 Å². The minimum atomic E-state index is -1.11. The third-order valence-corrected chi connectivity index (χ3v) is 5.27. The van der Waals surface area contributed by atoms with E-state index >= 15 is 0 Å². The van der Waals surface area contributed by atoms with Crippen molar-refractivity contribution in [1.82, 2.24) is 0 Å². The quantitative estimate of drug-likeness (QED) is 0.872. The summed E-state index contributed by atoms with van der Waals surface area (Å²) in [5.41, 5.74) is 1.23. The van der Waals surface area contributed by atoms with Crippen molar-refractivity contribution in [2.75, 3.05) is 10.6 Å². The highest BCUT2D eigenvalue weighted by atomic mass is 16.4. The smallest absolute Gasteiger partial charge is 0.228 e. The molecule has 0 radical (unpaired) electrons. The van der Waals surface area contributed by atoms with Crippen LogP contribution in [0.3, 0.4) is 0 Å². The molecule has 0 heterocycles. The highest BCUT2D eigenvalue weighted by Crippen LogP contribution is 2.49. The van der Waals surface area contributed by atoms with Gasteiger partial charge in [0.2, 0.25) is 11.8 Å². The molecule has 3 fully saturated rings. The second-order valence-corrected chi connectivity index (χ2v) is 6.79. The fraction of sp³-hybridized carbons (Fsp3) is 0.500. The molecule has 3 saturated carbocycles. The predicted molar refractivity (Wildman–Crippen MR) is 86.8 cm³/mol. The van der Waals surface area contributed by atoms with E-state index in [0.29, 0.717) is 11.4 Å². The summed E-state index contributed by atoms with van der Waals surface area (Å²) in [5.74, 6) is -2.54. The zero-order valence-electron chi connectivity index (χ0n) is 13.6. The summed E-state index contributed by atoms with van der Waals surface area (Å²) >= 11 is 0. The largest absolute Gasteiger partial charge is 0.550 e. The van der Waals surface area contributed by atoms with Crippen LogP contribution in [0, 0.1) is 23.7 Å². The molecule has 2 atom stereocenters. The molecule has 0 aromatic heterocycles. The van der Waals surface area contributed by atoms with Crippen molar-refractivity contribution in [1.29, 1.82) is 0 Å². The summed E-state index contributed by atoms with van der Waals surface area (Å²) in [6.45, 7) is 1.42. The van der Waals surface area contributed by atoms with E-state index in [9.17, 15) is 19.5 Å². The SMILES string of the molecule is CC(=O)Nc1ccc(NC(=O)[C@H]2C3CCC(CC3)[C@@H]2C(=O)[O-])cc1. The van der Waals surface area contributed by atoms with Crippen LogP contribution in [0.4, 0.5) is 11.4 Å². The van der Waals surface area contributed by atoms with Gasteiger partial charge in [-0.15, -0.1) is 0 Å². The van der Waals surface area contributed by atoms with Gasteiger partial charge in [0.25, 0.3) is 0 Å². The van der Waals surface area contributed by atoms with Crippen LogP contribution in [0.2, 0.25) is 0 Å². The second kappa shape index (κ2) is 6.63. The first-order chi connectivity index (χ1) is 11.5. The number of anilines is 2. The first-order valence-corrected chi connectivity index (χ1v) is 8.35. The molecule has 6 heteroatoms. The number of hydrogen-bond acceptors (Lipinski definition) is 4. The van der Waals surface area contributed by atoms with E-state index in [1.807, 2.05) is 0 Å². The normalized spacial score (nSPS) is 28.2. The number of carbonyl (C=O) groups excluding carboxylic acids is 3. The fourth-order valence-electron chi connectivity index (χ4n) is 4.23. The molecular formula is C18H21N2O4-. The average molecular weight is 329 g/mol. The number of hydrogen-bond donors (Lipinski definition) is 2. The van der Waals surface area contributed by atoms with Gasteiger partial charge in [-0.2, -0.15) is 0 Å². The third-order valence-electron chi connectivity index (χ3n) is 5.27. The lowest BCUT2D eigenvalue weighted by Gasteiger charge is -2.48. The third kappa shape index (κ3) is 3.27. The van der Waals surface area contributed by atoms with E-state index in [2.05, 4.69) is 10.6 Å². The van der Waals surface area contributed by atoms with E-state index in [-0.39, 0.29) is 23.7 Å². The van der Waals surface area contributed by atoms with E-state index in [1.165, 1.54) is 6.92 Å². The summed E-state index contributed by atoms with van der Waals surface area (Å²) in [5, 5.41) is 17.0. The molecule has 1 aromatic carbocycles. The lowest BCUT2D eigenvalue weighted by molar-refractivity contribution is -0.318. The number of carboxylic acid groups (broad SMARTS) is 1. The Hall–Kier alpha value is -2.37. The zero-order valence-corrected chi connectivity index (χ0v) is 13.6. The Balaban J connectivity index is 1.71. The van der Waals surface area contributed by atoms with Crippen molar-refractivity contribution in [2.24, 2.45) is 23.7 Å². The summed E-state index contributed by atoms with van der Waals surface area (Å²) in [7, 11) is 0. The fourth-order valence-corrected chi connectivity index (χ4v) is 4.23. The molecule has 3 aliphatic carbocycles. The summed E-state index contributed by atoms with van der Waals surface area (Å²) in [6, 6.07) is 6.77. The monoisotopic (exact) mass is 329 g/mol. The molecule has 0 saturated heterocycles. The van der Waals surface area contributed by atoms with Crippen LogP contribution in [0.15, 0.2) is 24.3 Å². The van der Waals surface area contributed by atoms with Crippen molar-refractivity contribution in [2.45, 2.75) is 32.6 Å². The molecule has 1 aromatic rings. The van der Waals surface area contributed by atoms with Gasteiger partial charge in [0.05, 0.1) is 0 Å². The van der Waals surface area contributed by atoms with Crippen LogP contribution in [0.5, 0.6) is 0 Å². The predicted octanol–water partition coefficient (Wildman–Crippen LogP) is 1.39. The molecule has 128 valence electrons. The summed E-state index contributed by atoms with van der Waals surface area (Å²) in [4.78, 5) is 35.2. The number of rotatable bonds is 4. The van der Waals surface area contributed by atoms with Gasteiger partial charge in [-0.25, -0.2) is 0 Å². The molecule has 2 bridgehead atoms.